The zero-order valence-electron chi connectivity index (χ0n) is 17.3. The van der Waals surface area contributed by atoms with Gasteiger partial charge in [0.15, 0.2) is 5.82 Å². The summed E-state index contributed by atoms with van der Waals surface area (Å²) in [5, 5.41) is 4.56. The Hall–Kier alpha value is -2.68. The van der Waals surface area contributed by atoms with Crippen LogP contribution in [-0.4, -0.2) is 56.7 Å². The van der Waals surface area contributed by atoms with Gasteiger partial charge in [-0.1, -0.05) is 36.4 Å². The summed E-state index contributed by atoms with van der Waals surface area (Å²) < 4.78 is 1.64. The van der Waals surface area contributed by atoms with Gasteiger partial charge in [0, 0.05) is 37.9 Å². The van der Waals surface area contributed by atoms with Crippen LogP contribution in [0.2, 0.25) is 0 Å². The zero-order chi connectivity index (χ0) is 20.2. The first kappa shape index (κ1) is 24.6. The normalized spacial score (nSPS) is 14.4. The number of aromatic nitrogens is 4. The summed E-state index contributed by atoms with van der Waals surface area (Å²) >= 11 is 0. The number of hydrogen-bond acceptors (Lipinski definition) is 6. The van der Waals surface area contributed by atoms with Crippen LogP contribution in [0.3, 0.4) is 0 Å². The van der Waals surface area contributed by atoms with E-state index in [4.69, 9.17) is 5.73 Å². The molecule has 1 fully saturated rings. The van der Waals surface area contributed by atoms with Crippen LogP contribution in [0.15, 0.2) is 54.7 Å². The molecule has 1 saturated heterocycles. The average Bonchev–Trinajstić information content (AvgIpc) is 3.19. The molecule has 31 heavy (non-hydrogen) atoms. The number of benzene rings is 1. The van der Waals surface area contributed by atoms with Crippen LogP contribution in [0.5, 0.6) is 0 Å². The molecule has 166 valence electrons. The van der Waals surface area contributed by atoms with Crippen molar-refractivity contribution in [3.05, 3.63) is 60.6 Å². The largest absolute Gasteiger partial charge is 0.353 e. The first-order chi connectivity index (χ1) is 14.1. The zero-order valence-corrected chi connectivity index (χ0v) is 18.9. The molecule has 0 saturated carbocycles. The SMILES string of the molecule is C[C@H](N)c1nc(-c2ccccc2)nn1CC(=O)N1CCN(c2ccccn2)CC1.Cl.Cl. The molecule has 1 aliphatic heterocycles. The minimum absolute atomic E-state index is 0. The van der Waals surface area contributed by atoms with Gasteiger partial charge in [-0.25, -0.2) is 14.6 Å². The minimum Gasteiger partial charge on any atom is -0.353 e. The number of piperazine rings is 1. The molecule has 3 aromatic rings. The highest BCUT2D eigenvalue weighted by molar-refractivity contribution is 5.85. The van der Waals surface area contributed by atoms with Gasteiger partial charge in [-0.05, 0) is 19.1 Å². The highest BCUT2D eigenvalue weighted by atomic mass is 35.5. The van der Waals surface area contributed by atoms with Crippen LogP contribution < -0.4 is 10.6 Å². The minimum atomic E-state index is -0.311. The first-order valence-electron chi connectivity index (χ1n) is 9.81. The Morgan fingerprint density at radius 2 is 1.71 bits per heavy atom. The first-order valence-corrected chi connectivity index (χ1v) is 9.81. The quantitative estimate of drug-likeness (QED) is 0.624. The van der Waals surface area contributed by atoms with Gasteiger partial charge in [0.1, 0.15) is 18.2 Å². The molecular weight excluding hydrogens is 437 g/mol. The van der Waals surface area contributed by atoms with Gasteiger partial charge in [0.25, 0.3) is 0 Å². The van der Waals surface area contributed by atoms with E-state index in [-0.39, 0.29) is 43.3 Å². The monoisotopic (exact) mass is 463 g/mol. The summed E-state index contributed by atoms with van der Waals surface area (Å²) in [6.07, 6.45) is 1.79. The van der Waals surface area contributed by atoms with Crippen LogP contribution in [0.25, 0.3) is 11.4 Å². The van der Waals surface area contributed by atoms with E-state index in [0.29, 0.717) is 24.7 Å². The van der Waals surface area contributed by atoms with E-state index in [1.54, 1.807) is 10.9 Å². The number of carbonyl (C=O) groups is 1. The van der Waals surface area contributed by atoms with Crippen LogP contribution >= 0.6 is 24.8 Å². The summed E-state index contributed by atoms with van der Waals surface area (Å²) in [5.41, 5.74) is 6.99. The summed E-state index contributed by atoms with van der Waals surface area (Å²) in [5.74, 6) is 2.18. The van der Waals surface area contributed by atoms with E-state index in [1.807, 2.05) is 60.4 Å². The van der Waals surface area contributed by atoms with Crippen molar-refractivity contribution in [1.82, 2.24) is 24.6 Å². The van der Waals surface area contributed by atoms with Crippen molar-refractivity contribution in [3.8, 4) is 11.4 Å². The highest BCUT2D eigenvalue weighted by Gasteiger charge is 2.24. The van der Waals surface area contributed by atoms with Crippen LogP contribution in [0.1, 0.15) is 18.8 Å². The van der Waals surface area contributed by atoms with E-state index >= 15 is 0 Å². The van der Waals surface area contributed by atoms with Crippen molar-refractivity contribution < 1.29 is 4.79 Å². The fourth-order valence-corrected chi connectivity index (χ4v) is 3.47. The standard InChI is InChI=1S/C21H25N7O.2ClH/c1-16(22)21-24-20(17-7-3-2-4-8-17)25-28(21)15-19(29)27-13-11-26(12-14-27)18-9-5-6-10-23-18;;/h2-10,16H,11-15,22H2,1H3;2*1H/t16-;;/m0../s1. The maximum Gasteiger partial charge on any atom is 0.244 e. The molecule has 0 bridgehead atoms. The number of halogens is 2. The Balaban J connectivity index is 0.00000171. The number of pyridine rings is 1. The Morgan fingerprint density at radius 3 is 2.32 bits per heavy atom. The molecule has 1 atom stereocenters. The second-order valence-electron chi connectivity index (χ2n) is 7.16. The highest BCUT2D eigenvalue weighted by Crippen LogP contribution is 2.18. The van der Waals surface area contributed by atoms with E-state index in [9.17, 15) is 4.79 Å². The smallest absolute Gasteiger partial charge is 0.244 e. The molecule has 0 spiro atoms. The molecule has 2 aromatic heterocycles. The Bertz CT molecular complexity index is 958. The van der Waals surface area contributed by atoms with E-state index in [2.05, 4.69) is 20.0 Å². The third-order valence-corrected chi connectivity index (χ3v) is 5.03. The Labute approximate surface area is 194 Å². The van der Waals surface area contributed by atoms with Crippen molar-refractivity contribution in [3.63, 3.8) is 0 Å². The fourth-order valence-electron chi connectivity index (χ4n) is 3.47. The van der Waals surface area contributed by atoms with Crippen LogP contribution in [0.4, 0.5) is 5.82 Å². The number of hydrogen-bond donors (Lipinski definition) is 1. The maximum atomic E-state index is 12.9. The number of nitrogens with zero attached hydrogens (tertiary/aromatic N) is 6. The summed E-state index contributed by atoms with van der Waals surface area (Å²) in [6.45, 7) is 4.82. The van der Waals surface area contributed by atoms with Gasteiger partial charge in [-0.15, -0.1) is 24.8 Å². The molecule has 0 radical (unpaired) electrons. The lowest BCUT2D eigenvalue weighted by atomic mass is 10.2. The van der Waals surface area contributed by atoms with Gasteiger partial charge in [-0.3, -0.25) is 4.79 Å². The molecule has 2 N–H and O–H groups in total. The van der Waals surface area contributed by atoms with Gasteiger partial charge in [0.2, 0.25) is 5.91 Å². The number of amides is 1. The third-order valence-electron chi connectivity index (χ3n) is 5.03. The maximum absolute atomic E-state index is 12.9. The summed E-state index contributed by atoms with van der Waals surface area (Å²) in [4.78, 5) is 25.9. The van der Waals surface area contributed by atoms with Crippen molar-refractivity contribution in [2.45, 2.75) is 19.5 Å². The fraction of sp³-hybridized carbons (Fsp3) is 0.333. The topological polar surface area (TPSA) is 93.2 Å². The molecule has 0 unspecified atom stereocenters. The predicted molar refractivity (Wildman–Crippen MR) is 126 cm³/mol. The van der Waals surface area contributed by atoms with Crippen molar-refractivity contribution in [2.24, 2.45) is 5.73 Å². The molecule has 4 rings (SSSR count). The molecule has 1 amide bonds. The van der Waals surface area contributed by atoms with Gasteiger partial charge in [-0.2, -0.15) is 5.10 Å². The molecule has 8 nitrogen and oxygen atoms in total. The third kappa shape index (κ3) is 5.72. The molecule has 1 aliphatic rings. The van der Waals surface area contributed by atoms with Crippen molar-refractivity contribution >= 4 is 36.5 Å². The Kier molecular flexibility index (Phi) is 8.79. The van der Waals surface area contributed by atoms with Crippen molar-refractivity contribution in [1.29, 1.82) is 0 Å². The van der Waals surface area contributed by atoms with Crippen LogP contribution in [-0.2, 0) is 11.3 Å². The molecular formula is C21H27Cl2N7O. The molecule has 10 heteroatoms. The summed E-state index contributed by atoms with van der Waals surface area (Å²) in [7, 11) is 0. The average molecular weight is 464 g/mol. The number of anilines is 1. The summed E-state index contributed by atoms with van der Waals surface area (Å²) in [6, 6.07) is 15.3. The number of nitrogens with two attached hydrogens (primary N) is 1. The van der Waals surface area contributed by atoms with E-state index < -0.39 is 0 Å². The van der Waals surface area contributed by atoms with Gasteiger partial charge < -0.3 is 15.5 Å². The van der Waals surface area contributed by atoms with Crippen LogP contribution in [0, 0.1) is 0 Å². The molecule has 0 aliphatic carbocycles. The molecule has 3 heterocycles. The van der Waals surface area contributed by atoms with Crippen molar-refractivity contribution in [2.75, 3.05) is 31.1 Å². The second kappa shape index (κ2) is 11.1. The number of rotatable bonds is 5. The lowest BCUT2D eigenvalue weighted by Crippen LogP contribution is -2.50. The predicted octanol–water partition coefficient (Wildman–Crippen LogP) is 2.55. The van der Waals surface area contributed by atoms with E-state index in [0.717, 1.165) is 24.5 Å². The van der Waals surface area contributed by atoms with Gasteiger partial charge in [0.05, 0.1) is 6.04 Å². The molecule has 1 aromatic carbocycles. The lowest BCUT2D eigenvalue weighted by Gasteiger charge is -2.35. The van der Waals surface area contributed by atoms with Gasteiger partial charge >= 0.3 is 0 Å². The lowest BCUT2D eigenvalue weighted by molar-refractivity contribution is -0.132. The van der Waals surface area contributed by atoms with E-state index in [1.165, 1.54) is 0 Å². The number of carbonyl (C=O) groups excluding carboxylic acids is 1. The Morgan fingerprint density at radius 1 is 1.03 bits per heavy atom. The second-order valence-corrected chi connectivity index (χ2v) is 7.16.